The molecule has 0 fully saturated rings. The predicted octanol–water partition coefficient (Wildman–Crippen LogP) is 0.522. The van der Waals surface area contributed by atoms with Gasteiger partial charge in [0, 0.05) is 0 Å². The highest BCUT2D eigenvalue weighted by atomic mass is 35.5. The molecule has 0 amide bonds. The number of ether oxygens (including phenoxy) is 1. The number of rotatable bonds is 3. The molecule has 1 atom stereocenters. The van der Waals surface area contributed by atoms with E-state index in [0.29, 0.717) is 0 Å². The van der Waals surface area contributed by atoms with Gasteiger partial charge in [-0.15, -0.1) is 11.6 Å². The van der Waals surface area contributed by atoms with Gasteiger partial charge in [0.15, 0.2) is 11.2 Å². The number of methoxy groups -OCH3 is 1. The molecule has 0 aromatic rings. The van der Waals surface area contributed by atoms with Gasteiger partial charge in [-0.2, -0.15) is 0 Å². The maximum atomic E-state index is 10.6. The van der Waals surface area contributed by atoms with Crippen molar-refractivity contribution < 1.29 is 14.3 Å². The molecule has 0 heterocycles. The smallest absolute Gasteiger partial charge is 0.331 e. The fourth-order valence-electron chi connectivity index (χ4n) is 0.323. The van der Waals surface area contributed by atoms with Crippen molar-refractivity contribution in [3.8, 4) is 0 Å². The van der Waals surface area contributed by atoms with Crippen LogP contribution in [-0.4, -0.2) is 24.2 Å². The Morgan fingerprint density at radius 3 is 2.50 bits per heavy atom. The molecule has 0 rings (SSSR count). The Kier molecular flexibility index (Phi) is 3.72. The molecule has 0 spiro atoms. The Balaban J connectivity index is 4.06. The summed E-state index contributed by atoms with van der Waals surface area (Å²) >= 11 is 5.29. The first kappa shape index (κ1) is 9.17. The summed E-state index contributed by atoms with van der Waals surface area (Å²) in [6, 6.07) is 0. The molecule has 0 aromatic heterocycles. The summed E-state index contributed by atoms with van der Waals surface area (Å²) in [6.45, 7) is 3.16. The second-order valence-corrected chi connectivity index (χ2v) is 1.93. The minimum atomic E-state index is -1.25. The number of carbonyl (C=O) groups excluding carboxylic acids is 2. The minimum absolute atomic E-state index is 0.548. The van der Waals surface area contributed by atoms with Crippen molar-refractivity contribution in [1.29, 1.82) is 0 Å². The molecule has 4 heteroatoms. The van der Waals surface area contributed by atoms with Crippen LogP contribution in [0.15, 0.2) is 12.7 Å². The lowest BCUT2D eigenvalue weighted by Gasteiger charge is -2.00. The molecule has 0 aliphatic rings. The van der Waals surface area contributed by atoms with Gasteiger partial charge in [-0.25, -0.2) is 4.79 Å². The molecule has 0 bridgehead atoms. The van der Waals surface area contributed by atoms with Gasteiger partial charge < -0.3 is 4.74 Å². The largest absolute Gasteiger partial charge is 0.468 e. The number of allylic oxidation sites excluding steroid dienone is 1. The SMILES string of the molecule is C=CC(=O)C(Cl)C(=O)OC. The van der Waals surface area contributed by atoms with Gasteiger partial charge >= 0.3 is 5.97 Å². The number of esters is 1. The lowest BCUT2D eigenvalue weighted by molar-refractivity contribution is -0.142. The Morgan fingerprint density at radius 2 is 2.20 bits per heavy atom. The van der Waals surface area contributed by atoms with Crippen molar-refractivity contribution in [1.82, 2.24) is 0 Å². The maximum Gasteiger partial charge on any atom is 0.331 e. The molecule has 10 heavy (non-hydrogen) atoms. The van der Waals surface area contributed by atoms with Crippen LogP contribution in [0.5, 0.6) is 0 Å². The van der Waals surface area contributed by atoms with Crippen LogP contribution in [-0.2, 0) is 14.3 Å². The highest BCUT2D eigenvalue weighted by molar-refractivity contribution is 6.42. The Hall–Kier alpha value is -0.830. The summed E-state index contributed by atoms with van der Waals surface area (Å²) in [4.78, 5) is 21.1. The van der Waals surface area contributed by atoms with E-state index >= 15 is 0 Å². The Morgan fingerprint density at radius 1 is 1.70 bits per heavy atom. The third-order valence-electron chi connectivity index (χ3n) is 0.859. The van der Waals surface area contributed by atoms with Crippen LogP contribution in [0.3, 0.4) is 0 Å². The highest BCUT2D eigenvalue weighted by Crippen LogP contribution is 1.99. The third-order valence-corrected chi connectivity index (χ3v) is 1.25. The zero-order chi connectivity index (χ0) is 8.15. The summed E-state index contributed by atoms with van der Waals surface area (Å²) in [5.74, 6) is -1.31. The van der Waals surface area contributed by atoms with Crippen LogP contribution >= 0.6 is 11.6 Å². The predicted molar refractivity (Wildman–Crippen MR) is 36.9 cm³/mol. The Labute approximate surface area is 63.6 Å². The molecule has 3 nitrogen and oxygen atoms in total. The van der Waals surface area contributed by atoms with Crippen molar-refractivity contribution in [3.63, 3.8) is 0 Å². The van der Waals surface area contributed by atoms with E-state index < -0.39 is 17.1 Å². The average molecular weight is 163 g/mol. The number of alkyl halides is 1. The fraction of sp³-hybridized carbons (Fsp3) is 0.333. The van der Waals surface area contributed by atoms with Crippen LogP contribution in [0.2, 0.25) is 0 Å². The second kappa shape index (κ2) is 4.06. The zero-order valence-corrected chi connectivity index (χ0v) is 6.22. The summed E-state index contributed by atoms with van der Waals surface area (Å²) in [5.41, 5.74) is 0. The average Bonchev–Trinajstić information content (AvgIpc) is 2.00. The topological polar surface area (TPSA) is 43.4 Å². The molecular formula is C6H7ClO3. The number of carbonyl (C=O) groups is 2. The van der Waals surface area contributed by atoms with Crippen molar-refractivity contribution in [3.05, 3.63) is 12.7 Å². The summed E-state index contributed by atoms with van der Waals surface area (Å²) in [5, 5.41) is -1.25. The van der Waals surface area contributed by atoms with Crippen molar-refractivity contribution in [2.75, 3.05) is 7.11 Å². The lowest BCUT2D eigenvalue weighted by atomic mass is 10.3. The molecule has 0 aliphatic heterocycles. The van der Waals surface area contributed by atoms with Gasteiger partial charge in [0.2, 0.25) is 0 Å². The zero-order valence-electron chi connectivity index (χ0n) is 5.46. The molecule has 56 valence electrons. The van der Waals surface area contributed by atoms with Crippen molar-refractivity contribution in [2.24, 2.45) is 0 Å². The van der Waals surface area contributed by atoms with Crippen LogP contribution in [0.25, 0.3) is 0 Å². The summed E-state index contributed by atoms with van der Waals surface area (Å²) < 4.78 is 4.20. The number of halogens is 1. The fourth-order valence-corrected chi connectivity index (χ4v) is 0.501. The molecule has 0 saturated carbocycles. The van der Waals surface area contributed by atoms with Gasteiger partial charge in [0.05, 0.1) is 7.11 Å². The number of hydrogen-bond donors (Lipinski definition) is 0. The van der Waals surface area contributed by atoms with Crippen molar-refractivity contribution >= 4 is 23.4 Å². The van der Waals surface area contributed by atoms with Crippen LogP contribution < -0.4 is 0 Å². The van der Waals surface area contributed by atoms with Crippen molar-refractivity contribution in [2.45, 2.75) is 5.38 Å². The van der Waals surface area contributed by atoms with Gasteiger partial charge in [-0.1, -0.05) is 6.58 Å². The molecule has 0 radical (unpaired) electrons. The minimum Gasteiger partial charge on any atom is -0.468 e. The number of ketones is 1. The van der Waals surface area contributed by atoms with Crippen LogP contribution in [0.1, 0.15) is 0 Å². The van der Waals surface area contributed by atoms with Gasteiger partial charge in [0.25, 0.3) is 0 Å². The van der Waals surface area contributed by atoms with E-state index in [-0.39, 0.29) is 0 Å². The van der Waals surface area contributed by atoms with E-state index in [9.17, 15) is 9.59 Å². The van der Waals surface area contributed by atoms with Gasteiger partial charge in [0.1, 0.15) is 0 Å². The normalized spacial score (nSPS) is 11.8. The maximum absolute atomic E-state index is 10.6. The van der Waals surface area contributed by atoms with E-state index in [4.69, 9.17) is 11.6 Å². The van der Waals surface area contributed by atoms with E-state index in [1.54, 1.807) is 0 Å². The first-order valence-electron chi connectivity index (χ1n) is 2.51. The second-order valence-electron chi connectivity index (χ2n) is 1.49. The molecule has 0 N–H and O–H groups in total. The van der Waals surface area contributed by atoms with Gasteiger partial charge in [-0.05, 0) is 6.08 Å². The molecule has 0 saturated heterocycles. The van der Waals surface area contributed by atoms with E-state index in [2.05, 4.69) is 11.3 Å². The molecular weight excluding hydrogens is 156 g/mol. The van der Waals surface area contributed by atoms with Crippen LogP contribution in [0, 0.1) is 0 Å². The molecule has 1 unspecified atom stereocenters. The Bertz CT molecular complexity index is 164. The van der Waals surface area contributed by atoms with E-state index in [1.807, 2.05) is 0 Å². The van der Waals surface area contributed by atoms with Gasteiger partial charge in [-0.3, -0.25) is 4.79 Å². The first-order valence-corrected chi connectivity index (χ1v) is 2.95. The third kappa shape index (κ3) is 2.19. The molecule has 0 aliphatic carbocycles. The summed E-state index contributed by atoms with van der Waals surface area (Å²) in [6.07, 6.45) is 0.981. The first-order chi connectivity index (χ1) is 4.63. The summed E-state index contributed by atoms with van der Waals surface area (Å²) in [7, 11) is 1.16. The van der Waals surface area contributed by atoms with E-state index in [1.165, 1.54) is 0 Å². The van der Waals surface area contributed by atoms with Crippen LogP contribution in [0.4, 0.5) is 0 Å². The quantitative estimate of drug-likeness (QED) is 0.263. The monoisotopic (exact) mass is 162 g/mol. The standard InChI is InChI=1S/C6H7ClO3/c1-3-4(8)5(7)6(9)10-2/h3,5H,1H2,2H3. The lowest BCUT2D eigenvalue weighted by Crippen LogP contribution is -2.23. The molecule has 0 aromatic carbocycles. The highest BCUT2D eigenvalue weighted by Gasteiger charge is 2.21. The van der Waals surface area contributed by atoms with E-state index in [0.717, 1.165) is 13.2 Å². The number of hydrogen-bond acceptors (Lipinski definition) is 3.